The number of benzene rings is 3. The van der Waals surface area contributed by atoms with Gasteiger partial charge in [-0.2, -0.15) is 13.2 Å². The fourth-order valence-electron chi connectivity index (χ4n) is 5.63. The van der Waals surface area contributed by atoms with Crippen molar-refractivity contribution in [3.8, 4) is 0 Å². The summed E-state index contributed by atoms with van der Waals surface area (Å²) in [7, 11) is 0. The summed E-state index contributed by atoms with van der Waals surface area (Å²) in [5.41, 5.74) is -0.153. The molecule has 0 aromatic heterocycles. The Morgan fingerprint density at radius 1 is 0.800 bits per heavy atom. The van der Waals surface area contributed by atoms with E-state index in [2.05, 4.69) is 0 Å². The van der Waals surface area contributed by atoms with Crippen molar-refractivity contribution in [2.45, 2.75) is 24.6 Å². The highest BCUT2D eigenvalue weighted by atomic mass is 19.4. The first-order valence-electron chi connectivity index (χ1n) is 13.0. The van der Waals surface area contributed by atoms with Crippen molar-refractivity contribution in [1.29, 1.82) is 0 Å². The Kier molecular flexibility index (Phi) is 7.63. The van der Waals surface area contributed by atoms with Gasteiger partial charge in [0.05, 0.1) is 12.1 Å². The summed E-state index contributed by atoms with van der Waals surface area (Å²) in [5, 5.41) is 0. The Morgan fingerprint density at radius 2 is 1.38 bits per heavy atom. The van der Waals surface area contributed by atoms with E-state index in [1.165, 1.54) is 35.2 Å². The molecule has 5 rings (SSSR count). The first kappa shape index (κ1) is 27.8. The Labute approximate surface area is 228 Å². The number of hydrogen-bond acceptors (Lipinski definition) is 3. The molecule has 0 spiro atoms. The molecule has 2 aliphatic rings. The number of likely N-dealkylation sites (tertiary alicyclic amines) is 1. The Hall–Kier alpha value is -3.79. The van der Waals surface area contributed by atoms with Gasteiger partial charge in [-0.05, 0) is 53.4 Å². The molecule has 2 heterocycles. The first-order chi connectivity index (χ1) is 19.1. The van der Waals surface area contributed by atoms with Crippen LogP contribution in [0.2, 0.25) is 0 Å². The molecule has 0 unspecified atom stereocenters. The summed E-state index contributed by atoms with van der Waals surface area (Å²) in [4.78, 5) is 32.2. The molecule has 0 atom stereocenters. The third kappa shape index (κ3) is 5.58. The molecule has 0 radical (unpaired) electrons. The Morgan fingerprint density at radius 3 is 1.93 bits per heavy atom. The molecule has 2 saturated heterocycles. The van der Waals surface area contributed by atoms with Gasteiger partial charge in [0.1, 0.15) is 17.0 Å². The molecule has 40 heavy (non-hydrogen) atoms. The molecule has 0 aliphatic carbocycles. The number of carbonyl (C=O) groups excluding carboxylic acids is 2. The average Bonchev–Trinajstić information content (AvgIpc) is 3.26. The zero-order valence-corrected chi connectivity index (χ0v) is 21.6. The van der Waals surface area contributed by atoms with E-state index in [9.17, 15) is 31.5 Å². The maximum absolute atomic E-state index is 13.8. The van der Waals surface area contributed by atoms with Crippen LogP contribution in [0.15, 0.2) is 72.8 Å². The number of rotatable bonds is 6. The first-order valence-corrected chi connectivity index (χ1v) is 13.0. The number of carbonyl (C=O) groups is 2. The van der Waals surface area contributed by atoms with E-state index in [0.717, 1.165) is 12.1 Å². The number of halogens is 5. The SMILES string of the molecule is O=C(CN1CCC(c2ccc(F)cc2)(c2ccc(F)cc2)C1=O)N1CCN(Cc2cccc(C(F)(F)F)c2)CC1. The van der Waals surface area contributed by atoms with Crippen LogP contribution in [0.1, 0.15) is 28.7 Å². The maximum atomic E-state index is 13.8. The van der Waals surface area contributed by atoms with Gasteiger partial charge in [0.15, 0.2) is 0 Å². The molecule has 2 aliphatic heterocycles. The minimum Gasteiger partial charge on any atom is -0.339 e. The lowest BCUT2D eigenvalue weighted by Gasteiger charge is -2.36. The van der Waals surface area contributed by atoms with E-state index in [0.29, 0.717) is 62.4 Å². The number of piperazine rings is 1. The van der Waals surface area contributed by atoms with Crippen LogP contribution in [0.3, 0.4) is 0 Å². The maximum Gasteiger partial charge on any atom is 0.416 e. The van der Waals surface area contributed by atoms with E-state index in [1.54, 1.807) is 35.2 Å². The minimum atomic E-state index is -4.40. The fourth-order valence-corrected chi connectivity index (χ4v) is 5.63. The van der Waals surface area contributed by atoms with Crippen LogP contribution in [0.4, 0.5) is 22.0 Å². The van der Waals surface area contributed by atoms with Crippen LogP contribution >= 0.6 is 0 Å². The van der Waals surface area contributed by atoms with E-state index in [4.69, 9.17) is 0 Å². The fraction of sp³-hybridized carbons (Fsp3) is 0.333. The summed E-state index contributed by atoms with van der Waals surface area (Å²) in [5.74, 6) is -1.41. The number of nitrogens with zero attached hydrogens (tertiary/aromatic N) is 3. The highest BCUT2D eigenvalue weighted by Crippen LogP contribution is 2.42. The molecule has 0 N–H and O–H groups in total. The van der Waals surface area contributed by atoms with Gasteiger partial charge in [0, 0.05) is 39.3 Å². The monoisotopic (exact) mass is 557 g/mol. The standard InChI is InChI=1S/C30H28F5N3O2/c31-25-8-4-22(5-9-25)29(23-6-10-26(32)11-7-23)12-13-38(28(29)40)20-27(39)37-16-14-36(15-17-37)19-21-2-1-3-24(18-21)30(33,34)35/h1-11,18H,12-17,19-20H2. The molecule has 210 valence electrons. The number of amides is 2. The largest absolute Gasteiger partial charge is 0.416 e. The van der Waals surface area contributed by atoms with Crippen LogP contribution in [0, 0.1) is 11.6 Å². The second kappa shape index (κ2) is 11.0. The van der Waals surface area contributed by atoms with E-state index >= 15 is 0 Å². The molecular formula is C30H28F5N3O2. The summed E-state index contributed by atoms with van der Waals surface area (Å²) < 4.78 is 66.5. The summed E-state index contributed by atoms with van der Waals surface area (Å²) in [6.45, 7) is 2.28. The van der Waals surface area contributed by atoms with Crippen molar-refractivity contribution >= 4 is 11.8 Å². The van der Waals surface area contributed by atoms with Crippen LogP contribution in [0.25, 0.3) is 0 Å². The molecule has 5 nitrogen and oxygen atoms in total. The van der Waals surface area contributed by atoms with E-state index in [1.807, 2.05) is 4.90 Å². The van der Waals surface area contributed by atoms with Crippen molar-refractivity contribution in [2.75, 3.05) is 39.3 Å². The van der Waals surface area contributed by atoms with Gasteiger partial charge in [0.2, 0.25) is 11.8 Å². The predicted octanol–water partition coefficient (Wildman–Crippen LogP) is 4.85. The van der Waals surface area contributed by atoms with Crippen molar-refractivity contribution in [3.05, 3.63) is 107 Å². The molecule has 0 saturated carbocycles. The van der Waals surface area contributed by atoms with Crippen LogP contribution in [-0.2, 0) is 27.7 Å². The van der Waals surface area contributed by atoms with Crippen molar-refractivity contribution in [3.63, 3.8) is 0 Å². The van der Waals surface area contributed by atoms with Gasteiger partial charge < -0.3 is 9.80 Å². The van der Waals surface area contributed by atoms with Crippen LogP contribution in [0.5, 0.6) is 0 Å². The lowest BCUT2D eigenvalue weighted by atomic mass is 9.73. The Balaban J connectivity index is 1.24. The third-order valence-corrected chi connectivity index (χ3v) is 7.79. The van der Waals surface area contributed by atoms with Gasteiger partial charge in [0.25, 0.3) is 0 Å². The highest BCUT2D eigenvalue weighted by molar-refractivity contribution is 5.96. The smallest absolute Gasteiger partial charge is 0.339 e. The van der Waals surface area contributed by atoms with Gasteiger partial charge >= 0.3 is 6.18 Å². The molecular weight excluding hydrogens is 529 g/mol. The molecule has 2 fully saturated rings. The van der Waals surface area contributed by atoms with Gasteiger partial charge in [-0.3, -0.25) is 14.5 Å². The summed E-state index contributed by atoms with van der Waals surface area (Å²) >= 11 is 0. The topological polar surface area (TPSA) is 43.9 Å². The summed E-state index contributed by atoms with van der Waals surface area (Å²) in [6.07, 6.45) is -4.06. The number of alkyl halides is 3. The summed E-state index contributed by atoms with van der Waals surface area (Å²) in [6, 6.07) is 16.5. The van der Waals surface area contributed by atoms with Gasteiger partial charge in [-0.1, -0.05) is 42.5 Å². The Bertz CT molecular complexity index is 1320. The zero-order chi connectivity index (χ0) is 28.5. The van der Waals surface area contributed by atoms with Crippen molar-refractivity contribution < 1.29 is 31.5 Å². The highest BCUT2D eigenvalue weighted by Gasteiger charge is 2.50. The lowest BCUT2D eigenvalue weighted by Crippen LogP contribution is -2.51. The second-order valence-corrected chi connectivity index (χ2v) is 10.3. The zero-order valence-electron chi connectivity index (χ0n) is 21.6. The molecule has 3 aromatic carbocycles. The van der Waals surface area contributed by atoms with Crippen molar-refractivity contribution in [1.82, 2.24) is 14.7 Å². The van der Waals surface area contributed by atoms with Gasteiger partial charge in [-0.25, -0.2) is 8.78 Å². The number of hydrogen-bond donors (Lipinski definition) is 0. The minimum absolute atomic E-state index is 0.128. The molecule has 0 bridgehead atoms. The third-order valence-electron chi connectivity index (χ3n) is 7.79. The molecule has 10 heteroatoms. The van der Waals surface area contributed by atoms with E-state index < -0.39 is 28.8 Å². The van der Waals surface area contributed by atoms with Gasteiger partial charge in [-0.15, -0.1) is 0 Å². The van der Waals surface area contributed by atoms with Crippen LogP contribution in [-0.4, -0.2) is 65.8 Å². The molecule has 3 aromatic rings. The second-order valence-electron chi connectivity index (χ2n) is 10.3. The van der Waals surface area contributed by atoms with Crippen molar-refractivity contribution in [2.24, 2.45) is 0 Å². The van der Waals surface area contributed by atoms with Crippen LogP contribution < -0.4 is 0 Å². The van der Waals surface area contributed by atoms with E-state index in [-0.39, 0.29) is 18.4 Å². The predicted molar refractivity (Wildman–Crippen MR) is 138 cm³/mol. The molecule has 2 amide bonds. The normalized spacial score (nSPS) is 17.9. The lowest BCUT2D eigenvalue weighted by molar-refractivity contribution is -0.140. The quantitative estimate of drug-likeness (QED) is 0.408. The average molecular weight is 558 g/mol.